The number of aromatic carboxylic acids is 1. The maximum atomic E-state index is 11.1. The van der Waals surface area contributed by atoms with Crippen LogP contribution in [-0.2, 0) is 6.54 Å². The number of rotatable bonds is 6. The van der Waals surface area contributed by atoms with Crippen molar-refractivity contribution in [2.24, 2.45) is 0 Å². The normalized spacial score (nSPS) is 10.5. The minimum Gasteiger partial charge on any atom is -0.494 e. The second-order valence-corrected chi connectivity index (χ2v) is 4.76. The lowest BCUT2D eigenvalue weighted by Gasteiger charge is -2.10. The van der Waals surface area contributed by atoms with E-state index in [1.54, 1.807) is 6.07 Å². The Bertz CT molecular complexity index is 587. The molecule has 106 valence electrons. The smallest absolute Gasteiger partial charge is 0.337 e. The monoisotopic (exact) mass is 273 g/mol. The maximum Gasteiger partial charge on any atom is 0.337 e. The van der Waals surface area contributed by atoms with Crippen molar-refractivity contribution in [1.29, 1.82) is 0 Å². The summed E-state index contributed by atoms with van der Waals surface area (Å²) < 4.78 is 7.66. The van der Waals surface area contributed by atoms with Gasteiger partial charge in [0.15, 0.2) is 0 Å². The Morgan fingerprint density at radius 1 is 1.25 bits per heavy atom. The molecule has 0 saturated heterocycles. The molecule has 0 aliphatic carbocycles. The quantitative estimate of drug-likeness (QED) is 0.822. The van der Waals surface area contributed by atoms with Crippen LogP contribution < -0.4 is 4.74 Å². The Morgan fingerprint density at radius 2 is 1.95 bits per heavy atom. The van der Waals surface area contributed by atoms with E-state index in [1.165, 1.54) is 0 Å². The Morgan fingerprint density at radius 3 is 2.55 bits per heavy atom. The van der Waals surface area contributed by atoms with Crippen LogP contribution in [0.4, 0.5) is 0 Å². The molecule has 0 radical (unpaired) electrons. The molecule has 0 aliphatic rings. The molecule has 2 aromatic rings. The first-order chi connectivity index (χ1) is 9.59. The molecule has 0 saturated carbocycles. The first kappa shape index (κ1) is 14.2. The van der Waals surface area contributed by atoms with Gasteiger partial charge in [-0.1, -0.05) is 18.2 Å². The zero-order valence-corrected chi connectivity index (χ0v) is 11.8. The lowest BCUT2D eigenvalue weighted by molar-refractivity contribution is 0.0696. The summed E-state index contributed by atoms with van der Waals surface area (Å²) in [6, 6.07) is 11.4. The third kappa shape index (κ3) is 3.20. The fourth-order valence-corrected chi connectivity index (χ4v) is 2.29. The highest BCUT2D eigenvalue weighted by molar-refractivity contribution is 5.89. The number of hydrogen-bond donors (Lipinski definition) is 1. The van der Waals surface area contributed by atoms with Gasteiger partial charge in [-0.05, 0) is 38.5 Å². The van der Waals surface area contributed by atoms with Gasteiger partial charge in [0.05, 0.1) is 12.2 Å². The Labute approximate surface area is 118 Å². The molecule has 1 aromatic carbocycles. The molecule has 0 spiro atoms. The molecular formula is C16H19NO3. The Balaban J connectivity index is 1.90. The highest BCUT2D eigenvalue weighted by Gasteiger charge is 2.13. The fourth-order valence-electron chi connectivity index (χ4n) is 2.29. The van der Waals surface area contributed by atoms with Gasteiger partial charge in [0.25, 0.3) is 0 Å². The summed E-state index contributed by atoms with van der Waals surface area (Å²) in [6.45, 7) is 5.15. The number of para-hydroxylation sites is 1. The van der Waals surface area contributed by atoms with Crippen molar-refractivity contribution in [2.45, 2.75) is 26.8 Å². The van der Waals surface area contributed by atoms with Crippen LogP contribution in [0.3, 0.4) is 0 Å². The lowest BCUT2D eigenvalue weighted by Crippen LogP contribution is -2.08. The number of carbonyl (C=O) groups is 1. The molecule has 1 heterocycles. The van der Waals surface area contributed by atoms with Gasteiger partial charge in [0, 0.05) is 17.9 Å². The van der Waals surface area contributed by atoms with Gasteiger partial charge in [-0.15, -0.1) is 0 Å². The van der Waals surface area contributed by atoms with Gasteiger partial charge in [-0.2, -0.15) is 0 Å². The molecule has 1 aromatic heterocycles. The third-order valence-corrected chi connectivity index (χ3v) is 3.34. The number of ether oxygens (including phenoxy) is 1. The highest BCUT2D eigenvalue weighted by Crippen LogP contribution is 2.16. The minimum absolute atomic E-state index is 0.381. The van der Waals surface area contributed by atoms with Gasteiger partial charge in [-0.25, -0.2) is 4.79 Å². The van der Waals surface area contributed by atoms with Crippen LogP contribution in [0.25, 0.3) is 0 Å². The zero-order chi connectivity index (χ0) is 14.5. The molecule has 0 unspecified atom stereocenters. The second-order valence-electron chi connectivity index (χ2n) is 4.76. The third-order valence-electron chi connectivity index (χ3n) is 3.34. The Kier molecular flexibility index (Phi) is 4.45. The van der Waals surface area contributed by atoms with Crippen LogP contribution in [0, 0.1) is 13.8 Å². The van der Waals surface area contributed by atoms with Crippen LogP contribution in [-0.4, -0.2) is 22.2 Å². The number of carboxylic acid groups (broad SMARTS) is 1. The van der Waals surface area contributed by atoms with E-state index in [9.17, 15) is 4.79 Å². The number of aromatic nitrogens is 1. The van der Waals surface area contributed by atoms with Crippen LogP contribution in [0.15, 0.2) is 36.4 Å². The first-order valence-electron chi connectivity index (χ1n) is 6.67. The van der Waals surface area contributed by atoms with E-state index in [2.05, 4.69) is 0 Å². The van der Waals surface area contributed by atoms with Crippen LogP contribution in [0.2, 0.25) is 0 Å². The van der Waals surface area contributed by atoms with Crippen LogP contribution in [0.5, 0.6) is 5.75 Å². The molecule has 2 rings (SSSR count). The van der Waals surface area contributed by atoms with Gasteiger partial charge < -0.3 is 14.4 Å². The summed E-state index contributed by atoms with van der Waals surface area (Å²) in [5, 5.41) is 9.09. The van der Waals surface area contributed by atoms with E-state index >= 15 is 0 Å². The van der Waals surface area contributed by atoms with E-state index < -0.39 is 5.97 Å². The second kappa shape index (κ2) is 6.28. The van der Waals surface area contributed by atoms with Gasteiger partial charge in [0.2, 0.25) is 0 Å². The average Bonchev–Trinajstić information content (AvgIpc) is 2.72. The molecule has 0 fully saturated rings. The standard InChI is InChI=1S/C16H19NO3/c1-12-11-15(16(18)19)13(2)17(12)9-6-10-20-14-7-4-3-5-8-14/h3-5,7-8,11H,6,9-10H2,1-2H3,(H,18,19). The average molecular weight is 273 g/mol. The van der Waals surface area contributed by atoms with E-state index in [4.69, 9.17) is 9.84 Å². The van der Waals surface area contributed by atoms with Gasteiger partial charge in [0.1, 0.15) is 5.75 Å². The van der Waals surface area contributed by atoms with Crippen molar-refractivity contribution in [3.8, 4) is 5.75 Å². The largest absolute Gasteiger partial charge is 0.494 e. The lowest BCUT2D eigenvalue weighted by atomic mass is 10.2. The molecule has 0 bridgehead atoms. The number of hydrogen-bond acceptors (Lipinski definition) is 2. The number of aryl methyl sites for hydroxylation is 1. The van der Waals surface area contributed by atoms with Gasteiger partial charge in [-0.3, -0.25) is 0 Å². The summed E-state index contributed by atoms with van der Waals surface area (Å²) in [7, 11) is 0. The molecular weight excluding hydrogens is 254 g/mol. The maximum absolute atomic E-state index is 11.1. The van der Waals surface area contributed by atoms with E-state index in [0.717, 1.165) is 30.1 Å². The SMILES string of the molecule is Cc1cc(C(=O)O)c(C)n1CCCOc1ccccc1. The number of benzene rings is 1. The fraction of sp³-hybridized carbons (Fsp3) is 0.312. The van der Waals surface area contributed by atoms with Gasteiger partial charge >= 0.3 is 5.97 Å². The van der Waals surface area contributed by atoms with Crippen molar-refractivity contribution in [2.75, 3.05) is 6.61 Å². The molecule has 0 aliphatic heterocycles. The molecule has 20 heavy (non-hydrogen) atoms. The van der Waals surface area contributed by atoms with E-state index in [1.807, 2.05) is 48.7 Å². The number of nitrogens with zero attached hydrogens (tertiary/aromatic N) is 1. The molecule has 0 amide bonds. The Hall–Kier alpha value is -2.23. The summed E-state index contributed by atoms with van der Waals surface area (Å²) in [4.78, 5) is 11.1. The summed E-state index contributed by atoms with van der Waals surface area (Å²) in [6.07, 6.45) is 0.838. The van der Waals surface area contributed by atoms with E-state index in [0.29, 0.717) is 12.2 Å². The molecule has 1 N–H and O–H groups in total. The van der Waals surface area contributed by atoms with Crippen molar-refractivity contribution in [3.05, 3.63) is 53.3 Å². The molecule has 4 nitrogen and oxygen atoms in total. The van der Waals surface area contributed by atoms with Crippen molar-refractivity contribution in [1.82, 2.24) is 4.57 Å². The van der Waals surface area contributed by atoms with Crippen molar-refractivity contribution >= 4 is 5.97 Å². The van der Waals surface area contributed by atoms with Crippen molar-refractivity contribution in [3.63, 3.8) is 0 Å². The zero-order valence-electron chi connectivity index (χ0n) is 11.8. The predicted octanol–water partition coefficient (Wildman–Crippen LogP) is 3.27. The summed E-state index contributed by atoms with van der Waals surface area (Å²) in [5.41, 5.74) is 2.15. The van der Waals surface area contributed by atoms with Crippen LogP contribution in [0.1, 0.15) is 28.2 Å². The predicted molar refractivity (Wildman–Crippen MR) is 77.4 cm³/mol. The highest BCUT2D eigenvalue weighted by atomic mass is 16.5. The number of carboxylic acids is 1. The minimum atomic E-state index is -0.870. The molecule has 0 atom stereocenters. The van der Waals surface area contributed by atoms with E-state index in [-0.39, 0.29) is 0 Å². The summed E-state index contributed by atoms with van der Waals surface area (Å²) in [5.74, 6) is -0.00967. The summed E-state index contributed by atoms with van der Waals surface area (Å²) >= 11 is 0. The molecule has 4 heteroatoms. The topological polar surface area (TPSA) is 51.5 Å². The van der Waals surface area contributed by atoms with Crippen molar-refractivity contribution < 1.29 is 14.6 Å². The van der Waals surface area contributed by atoms with Crippen LogP contribution >= 0.6 is 0 Å². The first-order valence-corrected chi connectivity index (χ1v) is 6.67.